The van der Waals surface area contributed by atoms with Crippen molar-refractivity contribution in [3.63, 3.8) is 0 Å². The standard InChI is InChI=1S/C15H30N2/c1-5-11-16-14-13(9-10-15(14,3)4)17(6-2)12-7-8-12/h12-14,16H,5-11H2,1-4H3. The Balaban J connectivity index is 2.03. The third-order valence-electron chi connectivity index (χ3n) is 4.73. The van der Waals surface area contributed by atoms with Gasteiger partial charge in [-0.05, 0) is 50.6 Å². The van der Waals surface area contributed by atoms with E-state index in [1.165, 1.54) is 45.2 Å². The molecule has 0 saturated heterocycles. The molecule has 2 unspecified atom stereocenters. The third kappa shape index (κ3) is 2.85. The fraction of sp³-hybridized carbons (Fsp3) is 1.00. The van der Waals surface area contributed by atoms with Crippen molar-refractivity contribution in [2.24, 2.45) is 5.41 Å². The van der Waals surface area contributed by atoms with E-state index < -0.39 is 0 Å². The van der Waals surface area contributed by atoms with Crippen LogP contribution in [0.15, 0.2) is 0 Å². The second-order valence-electron chi connectivity index (χ2n) is 6.59. The van der Waals surface area contributed by atoms with Gasteiger partial charge in [-0.2, -0.15) is 0 Å². The Kier molecular flexibility index (Phi) is 4.14. The molecule has 17 heavy (non-hydrogen) atoms. The molecule has 0 aliphatic heterocycles. The highest BCUT2D eigenvalue weighted by atomic mass is 15.2. The molecule has 2 fully saturated rings. The highest BCUT2D eigenvalue weighted by molar-refractivity contribution is 5.03. The molecule has 0 aromatic heterocycles. The van der Waals surface area contributed by atoms with Crippen molar-refractivity contribution < 1.29 is 0 Å². The fourth-order valence-electron chi connectivity index (χ4n) is 3.60. The van der Waals surface area contributed by atoms with E-state index in [1.54, 1.807) is 0 Å². The number of rotatable bonds is 6. The summed E-state index contributed by atoms with van der Waals surface area (Å²) in [6, 6.07) is 2.39. The fourth-order valence-corrected chi connectivity index (χ4v) is 3.60. The smallest absolute Gasteiger partial charge is 0.0274 e. The summed E-state index contributed by atoms with van der Waals surface area (Å²) in [6.07, 6.45) is 6.88. The van der Waals surface area contributed by atoms with Gasteiger partial charge < -0.3 is 5.32 Å². The van der Waals surface area contributed by atoms with E-state index in [9.17, 15) is 0 Å². The topological polar surface area (TPSA) is 15.3 Å². The zero-order valence-corrected chi connectivity index (χ0v) is 12.1. The van der Waals surface area contributed by atoms with Crippen LogP contribution in [0.2, 0.25) is 0 Å². The van der Waals surface area contributed by atoms with Crippen molar-refractivity contribution in [1.82, 2.24) is 10.2 Å². The molecule has 0 aromatic carbocycles. The minimum absolute atomic E-state index is 0.474. The zero-order chi connectivity index (χ0) is 12.5. The largest absolute Gasteiger partial charge is 0.312 e. The van der Waals surface area contributed by atoms with Crippen LogP contribution in [0, 0.1) is 5.41 Å². The molecule has 0 bridgehead atoms. The Bertz CT molecular complexity index is 245. The minimum atomic E-state index is 0.474. The lowest BCUT2D eigenvalue weighted by Crippen LogP contribution is -2.52. The van der Waals surface area contributed by atoms with Gasteiger partial charge in [-0.3, -0.25) is 4.90 Å². The van der Waals surface area contributed by atoms with E-state index in [2.05, 4.69) is 37.9 Å². The Hall–Kier alpha value is -0.0800. The first kappa shape index (κ1) is 13.4. The van der Waals surface area contributed by atoms with Crippen LogP contribution in [0.25, 0.3) is 0 Å². The Morgan fingerprint density at radius 1 is 1.18 bits per heavy atom. The van der Waals surface area contributed by atoms with Crippen LogP contribution in [-0.2, 0) is 0 Å². The van der Waals surface area contributed by atoms with Gasteiger partial charge in [-0.1, -0.05) is 27.7 Å². The summed E-state index contributed by atoms with van der Waals surface area (Å²) in [5.74, 6) is 0. The summed E-state index contributed by atoms with van der Waals surface area (Å²) in [5.41, 5.74) is 0.474. The predicted molar refractivity (Wildman–Crippen MR) is 74.3 cm³/mol. The van der Waals surface area contributed by atoms with Gasteiger partial charge in [0.05, 0.1) is 0 Å². The summed E-state index contributed by atoms with van der Waals surface area (Å²) in [4.78, 5) is 2.78. The zero-order valence-electron chi connectivity index (χ0n) is 12.1. The monoisotopic (exact) mass is 238 g/mol. The van der Waals surface area contributed by atoms with Gasteiger partial charge in [-0.15, -0.1) is 0 Å². The van der Waals surface area contributed by atoms with Gasteiger partial charge >= 0.3 is 0 Å². The first-order valence-corrected chi connectivity index (χ1v) is 7.59. The third-order valence-corrected chi connectivity index (χ3v) is 4.73. The second-order valence-corrected chi connectivity index (χ2v) is 6.59. The van der Waals surface area contributed by atoms with Crippen LogP contribution in [0.5, 0.6) is 0 Å². The molecule has 100 valence electrons. The molecule has 0 spiro atoms. The molecule has 2 heteroatoms. The molecule has 0 aromatic rings. The lowest BCUT2D eigenvalue weighted by atomic mass is 9.86. The van der Waals surface area contributed by atoms with E-state index in [0.717, 1.165) is 12.1 Å². The van der Waals surface area contributed by atoms with Crippen LogP contribution in [0.3, 0.4) is 0 Å². The molecule has 0 radical (unpaired) electrons. The van der Waals surface area contributed by atoms with Crippen LogP contribution < -0.4 is 5.32 Å². The van der Waals surface area contributed by atoms with E-state index >= 15 is 0 Å². The molecule has 0 amide bonds. The average Bonchev–Trinajstić information content (AvgIpc) is 3.06. The summed E-state index contributed by atoms with van der Waals surface area (Å²) in [7, 11) is 0. The van der Waals surface area contributed by atoms with Gasteiger partial charge in [0.2, 0.25) is 0 Å². The van der Waals surface area contributed by atoms with Gasteiger partial charge in [-0.25, -0.2) is 0 Å². The quantitative estimate of drug-likeness (QED) is 0.765. The highest BCUT2D eigenvalue weighted by Gasteiger charge is 2.46. The lowest BCUT2D eigenvalue weighted by Gasteiger charge is -2.37. The SMILES string of the molecule is CCCNC1C(N(CC)C2CC2)CCC1(C)C. The molecule has 2 atom stereocenters. The molecular weight excluding hydrogens is 208 g/mol. The number of nitrogens with one attached hydrogen (secondary N) is 1. The maximum Gasteiger partial charge on any atom is 0.0274 e. The lowest BCUT2D eigenvalue weighted by molar-refractivity contribution is 0.142. The van der Waals surface area contributed by atoms with E-state index in [4.69, 9.17) is 0 Å². The summed E-state index contributed by atoms with van der Waals surface area (Å²) >= 11 is 0. The first-order chi connectivity index (χ1) is 8.10. The molecule has 2 aliphatic carbocycles. The normalized spacial score (nSPS) is 32.3. The van der Waals surface area contributed by atoms with Crippen LogP contribution in [0.1, 0.15) is 59.8 Å². The molecular formula is C15H30N2. The van der Waals surface area contributed by atoms with E-state index in [-0.39, 0.29) is 0 Å². The molecule has 2 saturated carbocycles. The van der Waals surface area contributed by atoms with Gasteiger partial charge in [0.1, 0.15) is 0 Å². The van der Waals surface area contributed by atoms with Gasteiger partial charge in [0.15, 0.2) is 0 Å². The number of likely N-dealkylation sites (N-methyl/N-ethyl adjacent to an activating group) is 1. The van der Waals surface area contributed by atoms with E-state index in [0.29, 0.717) is 11.5 Å². The second kappa shape index (κ2) is 5.27. The molecule has 2 nitrogen and oxygen atoms in total. The molecule has 2 aliphatic rings. The number of hydrogen-bond donors (Lipinski definition) is 1. The van der Waals surface area contributed by atoms with Crippen molar-refractivity contribution in [2.45, 2.75) is 77.9 Å². The first-order valence-electron chi connectivity index (χ1n) is 7.59. The number of hydrogen-bond acceptors (Lipinski definition) is 2. The summed E-state index contributed by atoms with van der Waals surface area (Å²) in [5, 5.41) is 3.83. The van der Waals surface area contributed by atoms with Gasteiger partial charge in [0, 0.05) is 18.1 Å². The van der Waals surface area contributed by atoms with Crippen molar-refractivity contribution in [1.29, 1.82) is 0 Å². The Morgan fingerprint density at radius 2 is 1.88 bits per heavy atom. The molecule has 1 N–H and O–H groups in total. The predicted octanol–water partition coefficient (Wildman–Crippen LogP) is 3.03. The maximum absolute atomic E-state index is 3.83. The average molecular weight is 238 g/mol. The Labute approximate surface area is 107 Å². The van der Waals surface area contributed by atoms with Crippen molar-refractivity contribution in [2.75, 3.05) is 13.1 Å². The van der Waals surface area contributed by atoms with Gasteiger partial charge in [0.25, 0.3) is 0 Å². The Morgan fingerprint density at radius 3 is 2.41 bits per heavy atom. The maximum atomic E-state index is 3.83. The van der Waals surface area contributed by atoms with Crippen LogP contribution in [-0.4, -0.2) is 36.1 Å². The van der Waals surface area contributed by atoms with Crippen LogP contribution >= 0.6 is 0 Å². The van der Waals surface area contributed by atoms with Crippen molar-refractivity contribution in [3.8, 4) is 0 Å². The minimum Gasteiger partial charge on any atom is -0.312 e. The summed E-state index contributed by atoms with van der Waals surface area (Å²) < 4.78 is 0. The highest BCUT2D eigenvalue weighted by Crippen LogP contribution is 2.42. The van der Waals surface area contributed by atoms with E-state index in [1.807, 2.05) is 0 Å². The molecule has 0 heterocycles. The molecule has 2 rings (SSSR count). The van der Waals surface area contributed by atoms with Crippen molar-refractivity contribution >= 4 is 0 Å². The summed E-state index contributed by atoms with van der Waals surface area (Å²) in [6.45, 7) is 11.9. The van der Waals surface area contributed by atoms with Crippen LogP contribution in [0.4, 0.5) is 0 Å². The number of nitrogens with zero attached hydrogens (tertiary/aromatic N) is 1. The van der Waals surface area contributed by atoms with Crippen molar-refractivity contribution in [3.05, 3.63) is 0 Å².